The first-order chi connectivity index (χ1) is 7.63. The lowest BCUT2D eigenvalue weighted by molar-refractivity contribution is 0.0598. The molecule has 1 rings (SSSR count). The molecule has 0 aliphatic carbocycles. The molecule has 0 N–H and O–H groups in total. The maximum atomic E-state index is 11.5. The molecule has 0 spiro atoms. The van der Waals surface area contributed by atoms with Gasteiger partial charge in [-0.05, 0) is 37.9 Å². The standard InChI is InChI=1S/C7H5Br2NO2/c1-12-7(11)5-4(8)2-3-10-6(5)9/h2-3H,1H3/i1D3,2D,3D. The molecule has 0 saturated heterocycles. The van der Waals surface area contributed by atoms with Gasteiger partial charge < -0.3 is 4.74 Å². The number of rotatable bonds is 1. The van der Waals surface area contributed by atoms with Gasteiger partial charge in [-0.25, -0.2) is 9.78 Å². The van der Waals surface area contributed by atoms with Gasteiger partial charge in [0.05, 0.1) is 13.9 Å². The molecule has 0 atom stereocenters. The lowest BCUT2D eigenvalue weighted by Crippen LogP contribution is -2.04. The minimum atomic E-state index is -2.88. The van der Waals surface area contributed by atoms with Crippen molar-refractivity contribution in [3.63, 3.8) is 0 Å². The minimum absolute atomic E-state index is 0.0429. The van der Waals surface area contributed by atoms with Crippen molar-refractivity contribution < 1.29 is 16.4 Å². The van der Waals surface area contributed by atoms with E-state index in [2.05, 4.69) is 41.6 Å². The molecule has 0 aliphatic heterocycles. The normalized spacial score (nSPS) is 16.7. The third-order valence-electron chi connectivity index (χ3n) is 1.04. The summed E-state index contributed by atoms with van der Waals surface area (Å²) in [5, 5.41) is 0. The van der Waals surface area contributed by atoms with Gasteiger partial charge in [-0.15, -0.1) is 0 Å². The first kappa shape index (κ1) is 4.72. The monoisotopic (exact) mass is 298 g/mol. The van der Waals surface area contributed by atoms with Crippen LogP contribution >= 0.6 is 31.9 Å². The van der Waals surface area contributed by atoms with Crippen molar-refractivity contribution in [2.45, 2.75) is 0 Å². The molecule has 0 fully saturated rings. The number of ether oxygens (including phenoxy) is 1. The van der Waals surface area contributed by atoms with Crippen LogP contribution in [-0.2, 0) is 4.74 Å². The van der Waals surface area contributed by atoms with E-state index in [-0.39, 0.29) is 26.9 Å². The molecule has 1 aromatic rings. The van der Waals surface area contributed by atoms with Crippen LogP contribution in [0, 0.1) is 0 Å². The summed E-state index contributed by atoms with van der Waals surface area (Å²) in [5.41, 5.74) is -0.234. The Morgan fingerprint density at radius 2 is 2.58 bits per heavy atom. The van der Waals surface area contributed by atoms with E-state index in [4.69, 9.17) is 6.85 Å². The van der Waals surface area contributed by atoms with Crippen molar-refractivity contribution in [3.05, 3.63) is 26.9 Å². The van der Waals surface area contributed by atoms with Crippen LogP contribution in [0.3, 0.4) is 0 Å². The molecule has 1 aromatic heterocycles. The predicted molar refractivity (Wildman–Crippen MR) is 51.0 cm³/mol. The summed E-state index contributed by atoms with van der Waals surface area (Å²) in [6.07, 6.45) is -0.353. The SMILES string of the molecule is [2H]c1nc(Br)c(C(=O)OC([2H])([2H])[2H])c(Br)c1[2H]. The highest BCUT2D eigenvalue weighted by molar-refractivity contribution is 9.11. The third kappa shape index (κ3) is 1.84. The van der Waals surface area contributed by atoms with Gasteiger partial charge in [0.1, 0.15) is 10.2 Å². The zero-order valence-corrected chi connectivity index (χ0v) is 8.69. The van der Waals surface area contributed by atoms with E-state index in [9.17, 15) is 4.79 Å². The van der Waals surface area contributed by atoms with Gasteiger partial charge >= 0.3 is 5.97 Å². The van der Waals surface area contributed by atoms with Crippen molar-refractivity contribution in [2.75, 3.05) is 7.04 Å². The topological polar surface area (TPSA) is 39.2 Å². The first-order valence-corrected chi connectivity index (χ1v) is 4.27. The fourth-order valence-corrected chi connectivity index (χ4v) is 1.71. The lowest BCUT2D eigenvalue weighted by Gasteiger charge is -2.02. The lowest BCUT2D eigenvalue weighted by atomic mass is 10.3. The summed E-state index contributed by atoms with van der Waals surface area (Å²) in [5.74, 6) is -1.15. The first-order valence-electron chi connectivity index (χ1n) is 5.19. The summed E-state index contributed by atoms with van der Waals surface area (Å²) in [6, 6.07) is -0.328. The van der Waals surface area contributed by atoms with Crippen molar-refractivity contribution in [1.29, 1.82) is 0 Å². The maximum absolute atomic E-state index is 11.5. The van der Waals surface area contributed by atoms with E-state index >= 15 is 0 Å². The molecule has 0 aliphatic rings. The Kier molecular flexibility index (Phi) is 1.57. The van der Waals surface area contributed by atoms with Crippen LogP contribution in [0.2, 0.25) is 0 Å². The van der Waals surface area contributed by atoms with E-state index in [1.54, 1.807) is 0 Å². The molecule has 0 bridgehead atoms. The van der Waals surface area contributed by atoms with E-state index in [1.807, 2.05) is 0 Å². The number of carbonyl (C=O) groups excluding carboxylic acids is 1. The Hall–Kier alpha value is -0.420. The van der Waals surface area contributed by atoms with Crippen LogP contribution in [0.4, 0.5) is 0 Å². The second kappa shape index (κ2) is 4.00. The number of hydrogen-bond donors (Lipinski definition) is 0. The highest BCUT2D eigenvalue weighted by atomic mass is 79.9. The molecule has 5 heteroatoms. The highest BCUT2D eigenvalue weighted by Gasteiger charge is 2.14. The Morgan fingerprint density at radius 3 is 3.25 bits per heavy atom. The second-order valence-electron chi connectivity index (χ2n) is 1.72. The maximum Gasteiger partial charge on any atom is 0.341 e. The Labute approximate surface area is 93.4 Å². The molecule has 12 heavy (non-hydrogen) atoms. The Bertz CT molecular complexity index is 476. The fraction of sp³-hybridized carbons (Fsp3) is 0.143. The van der Waals surface area contributed by atoms with Crippen LogP contribution in [-0.4, -0.2) is 18.0 Å². The molecule has 1 heterocycles. The van der Waals surface area contributed by atoms with Gasteiger partial charge in [0.15, 0.2) is 0 Å². The number of carbonyl (C=O) groups is 1. The minimum Gasteiger partial charge on any atom is -0.465 e. The largest absolute Gasteiger partial charge is 0.465 e. The predicted octanol–water partition coefficient (Wildman–Crippen LogP) is 2.39. The average Bonchev–Trinajstić information content (AvgIpc) is 2.11. The van der Waals surface area contributed by atoms with E-state index in [0.717, 1.165) is 0 Å². The van der Waals surface area contributed by atoms with Crippen LogP contribution < -0.4 is 0 Å². The highest BCUT2D eigenvalue weighted by Crippen LogP contribution is 2.23. The zero-order chi connectivity index (χ0) is 13.4. The number of methoxy groups -OCH3 is 1. The van der Waals surface area contributed by atoms with E-state index in [1.165, 1.54) is 0 Å². The summed E-state index contributed by atoms with van der Waals surface area (Å²) >= 11 is 5.84. The fourth-order valence-electron chi connectivity index (χ4n) is 0.560. The number of pyridine rings is 1. The molecular weight excluding hydrogens is 290 g/mol. The zero-order valence-electron chi connectivity index (χ0n) is 10.5. The smallest absolute Gasteiger partial charge is 0.341 e. The van der Waals surface area contributed by atoms with Gasteiger partial charge in [-0.3, -0.25) is 0 Å². The van der Waals surface area contributed by atoms with Crippen molar-refractivity contribution in [3.8, 4) is 0 Å². The quantitative estimate of drug-likeness (QED) is 0.590. The molecule has 64 valence electrons. The molecule has 3 nitrogen and oxygen atoms in total. The molecule has 0 radical (unpaired) electrons. The molecular formula is C7H5Br2NO2. The number of halogens is 2. The van der Waals surface area contributed by atoms with Crippen molar-refractivity contribution in [1.82, 2.24) is 4.98 Å². The van der Waals surface area contributed by atoms with Crippen LogP contribution in [0.5, 0.6) is 0 Å². The Balaban J connectivity index is 3.24. The second-order valence-corrected chi connectivity index (χ2v) is 3.26. The summed E-state index contributed by atoms with van der Waals surface area (Å²) in [4.78, 5) is 15.1. The van der Waals surface area contributed by atoms with Gasteiger partial charge in [-0.1, -0.05) is 0 Å². The number of nitrogens with zero attached hydrogens (tertiary/aromatic N) is 1. The van der Waals surface area contributed by atoms with Crippen molar-refractivity contribution >= 4 is 37.8 Å². The van der Waals surface area contributed by atoms with Gasteiger partial charge in [-0.2, -0.15) is 0 Å². The summed E-state index contributed by atoms with van der Waals surface area (Å²) in [6.45, 7) is 0. The molecule has 0 aromatic carbocycles. The summed E-state index contributed by atoms with van der Waals surface area (Å²) < 4.78 is 39.2. The van der Waals surface area contributed by atoms with Crippen LogP contribution in [0.15, 0.2) is 21.3 Å². The number of aromatic nitrogens is 1. The van der Waals surface area contributed by atoms with Crippen LogP contribution in [0.25, 0.3) is 0 Å². The number of hydrogen-bond acceptors (Lipinski definition) is 3. The Morgan fingerprint density at radius 1 is 1.83 bits per heavy atom. The molecule has 0 unspecified atom stereocenters. The third-order valence-corrected chi connectivity index (χ3v) is 2.21. The molecule has 0 amide bonds. The van der Waals surface area contributed by atoms with Gasteiger partial charge in [0, 0.05) is 10.6 Å². The molecule has 0 saturated carbocycles. The average molecular weight is 300 g/mol. The number of esters is 1. The summed E-state index contributed by atoms with van der Waals surface area (Å²) in [7, 11) is -2.88. The van der Waals surface area contributed by atoms with Gasteiger partial charge in [0.2, 0.25) is 0 Å². The van der Waals surface area contributed by atoms with E-state index < -0.39 is 13.0 Å². The van der Waals surface area contributed by atoms with Gasteiger partial charge in [0.25, 0.3) is 0 Å². The van der Waals surface area contributed by atoms with Crippen molar-refractivity contribution in [2.24, 2.45) is 0 Å². The van der Waals surface area contributed by atoms with Crippen LogP contribution in [0.1, 0.15) is 17.2 Å². The van der Waals surface area contributed by atoms with E-state index in [0.29, 0.717) is 0 Å².